The third kappa shape index (κ3) is 3.35. The number of halogens is 1. The number of carbonyl (C=O) groups excluding carboxylic acids is 2. The van der Waals surface area contributed by atoms with E-state index in [2.05, 4.69) is 0 Å². The number of nitrogens with zero attached hydrogens (tertiary/aromatic N) is 2. The van der Waals surface area contributed by atoms with Crippen molar-refractivity contribution >= 4 is 23.4 Å². The van der Waals surface area contributed by atoms with Gasteiger partial charge in [0.2, 0.25) is 5.91 Å². The summed E-state index contributed by atoms with van der Waals surface area (Å²) >= 11 is 5.94. The van der Waals surface area contributed by atoms with E-state index in [1.54, 1.807) is 29.2 Å². The summed E-state index contributed by atoms with van der Waals surface area (Å²) in [6, 6.07) is 6.96. The summed E-state index contributed by atoms with van der Waals surface area (Å²) in [7, 11) is 0. The van der Waals surface area contributed by atoms with Gasteiger partial charge < -0.3 is 15.5 Å². The molecule has 0 aromatic heterocycles. The molecule has 2 fully saturated rings. The zero-order valence-corrected chi connectivity index (χ0v) is 13.9. The van der Waals surface area contributed by atoms with Gasteiger partial charge >= 0.3 is 0 Å². The second kappa shape index (κ2) is 6.49. The smallest absolute Gasteiger partial charge is 0.254 e. The van der Waals surface area contributed by atoms with Crippen LogP contribution in [-0.2, 0) is 4.79 Å². The van der Waals surface area contributed by atoms with Gasteiger partial charge in [0.05, 0.1) is 5.54 Å². The fourth-order valence-corrected chi connectivity index (χ4v) is 3.64. The molecule has 23 heavy (non-hydrogen) atoms. The molecule has 1 saturated heterocycles. The normalized spacial score (nSPS) is 20.6. The summed E-state index contributed by atoms with van der Waals surface area (Å²) in [6.45, 7) is 2.16. The zero-order valence-electron chi connectivity index (χ0n) is 13.1. The molecule has 0 unspecified atom stereocenters. The highest BCUT2D eigenvalue weighted by Gasteiger charge is 2.40. The quantitative estimate of drug-likeness (QED) is 0.897. The lowest BCUT2D eigenvalue weighted by Gasteiger charge is -2.38. The minimum absolute atomic E-state index is 0.0390. The monoisotopic (exact) mass is 335 g/mol. The molecule has 1 saturated carbocycles. The number of piperazine rings is 1. The molecule has 6 heteroatoms. The molecule has 1 heterocycles. The largest absolute Gasteiger partial charge is 0.338 e. The predicted molar refractivity (Wildman–Crippen MR) is 89.3 cm³/mol. The average molecular weight is 336 g/mol. The van der Waals surface area contributed by atoms with E-state index in [-0.39, 0.29) is 11.8 Å². The van der Waals surface area contributed by atoms with Gasteiger partial charge in [0, 0.05) is 36.8 Å². The first-order valence-corrected chi connectivity index (χ1v) is 8.50. The van der Waals surface area contributed by atoms with Crippen molar-refractivity contribution < 1.29 is 9.59 Å². The van der Waals surface area contributed by atoms with Gasteiger partial charge in [-0.15, -0.1) is 0 Å². The first-order chi connectivity index (χ1) is 11.0. The molecule has 2 aliphatic rings. The van der Waals surface area contributed by atoms with E-state index in [1.807, 2.05) is 4.90 Å². The molecule has 0 radical (unpaired) electrons. The maximum absolute atomic E-state index is 12.6. The SMILES string of the molecule is NC1(C(=O)N2CCN(C(=O)c3cccc(Cl)c3)CC2)CCCC1. The van der Waals surface area contributed by atoms with Crippen molar-refractivity contribution in [1.29, 1.82) is 0 Å². The Morgan fingerprint density at radius 2 is 1.65 bits per heavy atom. The van der Waals surface area contributed by atoms with Crippen LogP contribution in [0.15, 0.2) is 24.3 Å². The van der Waals surface area contributed by atoms with E-state index >= 15 is 0 Å². The molecule has 1 aromatic carbocycles. The van der Waals surface area contributed by atoms with Gasteiger partial charge in [0.1, 0.15) is 0 Å². The fourth-order valence-electron chi connectivity index (χ4n) is 3.45. The van der Waals surface area contributed by atoms with Crippen molar-refractivity contribution in [2.45, 2.75) is 31.2 Å². The minimum Gasteiger partial charge on any atom is -0.338 e. The Labute approximate surface area is 141 Å². The lowest BCUT2D eigenvalue weighted by molar-refractivity contribution is -0.138. The van der Waals surface area contributed by atoms with Crippen LogP contribution >= 0.6 is 11.6 Å². The van der Waals surface area contributed by atoms with Gasteiger partial charge in [-0.05, 0) is 31.0 Å². The van der Waals surface area contributed by atoms with E-state index in [9.17, 15) is 9.59 Å². The van der Waals surface area contributed by atoms with Gasteiger partial charge in [-0.2, -0.15) is 0 Å². The Bertz CT molecular complexity index is 606. The van der Waals surface area contributed by atoms with Gasteiger partial charge in [-0.3, -0.25) is 9.59 Å². The Balaban J connectivity index is 1.60. The van der Waals surface area contributed by atoms with Crippen molar-refractivity contribution in [3.63, 3.8) is 0 Å². The van der Waals surface area contributed by atoms with Gasteiger partial charge in [-0.1, -0.05) is 30.5 Å². The standard InChI is InChI=1S/C17H22ClN3O2/c18-14-5-3-4-13(12-14)15(22)20-8-10-21(11-9-20)16(23)17(19)6-1-2-7-17/h3-5,12H,1-2,6-11,19H2. The Kier molecular flexibility index (Phi) is 4.60. The van der Waals surface area contributed by atoms with E-state index in [4.69, 9.17) is 17.3 Å². The molecule has 2 amide bonds. The first-order valence-electron chi connectivity index (χ1n) is 8.13. The van der Waals surface area contributed by atoms with Crippen molar-refractivity contribution in [2.24, 2.45) is 5.73 Å². The molecule has 0 atom stereocenters. The van der Waals surface area contributed by atoms with Gasteiger partial charge in [0.25, 0.3) is 5.91 Å². The summed E-state index contributed by atoms with van der Waals surface area (Å²) in [5.41, 5.74) is 6.15. The van der Waals surface area contributed by atoms with E-state index in [0.29, 0.717) is 36.8 Å². The number of rotatable bonds is 2. The highest BCUT2D eigenvalue weighted by Crippen LogP contribution is 2.29. The van der Waals surface area contributed by atoms with Crippen molar-refractivity contribution in [1.82, 2.24) is 9.80 Å². The first kappa shape index (κ1) is 16.3. The molecule has 0 bridgehead atoms. The number of benzene rings is 1. The van der Waals surface area contributed by atoms with Crippen LogP contribution in [0.2, 0.25) is 5.02 Å². The second-order valence-corrected chi connectivity index (χ2v) is 6.89. The molecular weight excluding hydrogens is 314 g/mol. The van der Waals surface area contributed by atoms with E-state index < -0.39 is 5.54 Å². The third-order valence-electron chi connectivity index (χ3n) is 4.85. The lowest BCUT2D eigenvalue weighted by Crippen LogP contribution is -2.59. The van der Waals surface area contributed by atoms with Gasteiger partial charge in [-0.25, -0.2) is 0 Å². The van der Waals surface area contributed by atoms with Crippen LogP contribution in [0.25, 0.3) is 0 Å². The highest BCUT2D eigenvalue weighted by atomic mass is 35.5. The zero-order chi connectivity index (χ0) is 16.4. The number of carbonyl (C=O) groups is 2. The maximum Gasteiger partial charge on any atom is 0.254 e. The highest BCUT2D eigenvalue weighted by molar-refractivity contribution is 6.30. The number of amides is 2. The molecule has 1 aliphatic carbocycles. The predicted octanol–water partition coefficient (Wildman–Crippen LogP) is 1.90. The molecule has 1 aromatic rings. The molecule has 3 rings (SSSR count). The van der Waals surface area contributed by atoms with Crippen LogP contribution in [0.1, 0.15) is 36.0 Å². The molecule has 1 aliphatic heterocycles. The molecule has 0 spiro atoms. The number of hydrogen-bond donors (Lipinski definition) is 1. The third-order valence-corrected chi connectivity index (χ3v) is 5.08. The van der Waals surface area contributed by atoms with Crippen LogP contribution in [0, 0.1) is 0 Å². The number of nitrogens with two attached hydrogens (primary N) is 1. The Morgan fingerprint density at radius 3 is 2.26 bits per heavy atom. The van der Waals surface area contributed by atoms with Crippen molar-refractivity contribution in [3.05, 3.63) is 34.9 Å². The summed E-state index contributed by atoms with van der Waals surface area (Å²) in [4.78, 5) is 28.7. The lowest BCUT2D eigenvalue weighted by atomic mass is 9.97. The summed E-state index contributed by atoms with van der Waals surface area (Å²) in [5.74, 6) is 0.00721. The van der Waals surface area contributed by atoms with Crippen molar-refractivity contribution in [2.75, 3.05) is 26.2 Å². The second-order valence-electron chi connectivity index (χ2n) is 6.46. The summed E-state index contributed by atoms with van der Waals surface area (Å²) < 4.78 is 0. The van der Waals surface area contributed by atoms with Crippen LogP contribution in [0.4, 0.5) is 0 Å². The fraction of sp³-hybridized carbons (Fsp3) is 0.529. The molecule has 124 valence electrons. The van der Waals surface area contributed by atoms with Crippen LogP contribution < -0.4 is 5.73 Å². The van der Waals surface area contributed by atoms with Crippen LogP contribution in [-0.4, -0.2) is 53.3 Å². The Hall–Kier alpha value is -1.59. The van der Waals surface area contributed by atoms with Crippen molar-refractivity contribution in [3.8, 4) is 0 Å². The summed E-state index contributed by atoms with van der Waals surface area (Å²) in [5, 5.41) is 0.552. The minimum atomic E-state index is -0.681. The molecular formula is C17H22ClN3O2. The van der Waals surface area contributed by atoms with Crippen LogP contribution in [0.5, 0.6) is 0 Å². The Morgan fingerprint density at radius 1 is 1.04 bits per heavy atom. The summed E-state index contributed by atoms with van der Waals surface area (Å²) in [6.07, 6.45) is 3.59. The topological polar surface area (TPSA) is 66.6 Å². The average Bonchev–Trinajstić information content (AvgIpc) is 3.01. The van der Waals surface area contributed by atoms with E-state index in [0.717, 1.165) is 25.7 Å². The van der Waals surface area contributed by atoms with E-state index in [1.165, 1.54) is 0 Å². The maximum atomic E-state index is 12.6. The van der Waals surface area contributed by atoms with Crippen LogP contribution in [0.3, 0.4) is 0 Å². The van der Waals surface area contributed by atoms with Gasteiger partial charge in [0.15, 0.2) is 0 Å². The number of hydrogen-bond acceptors (Lipinski definition) is 3. The molecule has 5 nitrogen and oxygen atoms in total. The molecule has 2 N–H and O–H groups in total.